The Morgan fingerprint density at radius 3 is 2.63 bits per heavy atom. The number of aliphatic carboxylic acids is 1. The molecular formula is C21H23ClN4O3S. The highest BCUT2D eigenvalue weighted by Crippen LogP contribution is 2.29. The largest absolute Gasteiger partial charge is 0.480 e. The maximum Gasteiger partial charge on any atom is 0.326 e. The molecule has 0 saturated carbocycles. The Labute approximate surface area is 183 Å². The van der Waals surface area contributed by atoms with Gasteiger partial charge in [-0.25, -0.2) is 14.8 Å². The smallest absolute Gasteiger partial charge is 0.326 e. The second-order valence-electron chi connectivity index (χ2n) is 6.97. The highest BCUT2D eigenvalue weighted by Gasteiger charge is 2.20. The second-order valence-corrected chi connectivity index (χ2v) is 8.55. The fourth-order valence-electron chi connectivity index (χ4n) is 3.02. The lowest BCUT2D eigenvalue weighted by Crippen LogP contribution is -2.40. The van der Waals surface area contributed by atoms with Gasteiger partial charge in [0.25, 0.3) is 5.91 Å². The van der Waals surface area contributed by atoms with E-state index in [2.05, 4.69) is 20.6 Å². The number of amides is 1. The molecule has 1 unspecified atom stereocenters. The predicted octanol–water partition coefficient (Wildman–Crippen LogP) is 4.64. The summed E-state index contributed by atoms with van der Waals surface area (Å²) in [7, 11) is 0. The summed E-state index contributed by atoms with van der Waals surface area (Å²) >= 11 is 7.58. The Bertz CT molecular complexity index is 1050. The number of aryl methyl sites for hydroxylation is 1. The minimum absolute atomic E-state index is 0.190. The predicted molar refractivity (Wildman–Crippen MR) is 119 cm³/mol. The number of carboxylic acid groups (broad SMARTS) is 1. The van der Waals surface area contributed by atoms with Crippen LogP contribution in [-0.2, 0) is 11.3 Å². The molecule has 2 heterocycles. The second kappa shape index (κ2) is 9.86. The van der Waals surface area contributed by atoms with E-state index >= 15 is 0 Å². The molecule has 0 aliphatic rings. The van der Waals surface area contributed by atoms with Crippen LogP contribution in [0.1, 0.15) is 47.0 Å². The number of carbonyl (C=O) groups excluding carboxylic acids is 1. The molecule has 0 fully saturated rings. The third-order valence-electron chi connectivity index (χ3n) is 4.61. The van der Waals surface area contributed by atoms with Crippen LogP contribution in [-0.4, -0.2) is 33.0 Å². The first-order valence-corrected chi connectivity index (χ1v) is 10.9. The van der Waals surface area contributed by atoms with Gasteiger partial charge in [0.1, 0.15) is 16.7 Å². The number of anilines is 1. The van der Waals surface area contributed by atoms with E-state index in [1.165, 1.54) is 0 Å². The van der Waals surface area contributed by atoms with Gasteiger partial charge in [-0.3, -0.25) is 4.79 Å². The minimum Gasteiger partial charge on any atom is -0.480 e. The van der Waals surface area contributed by atoms with Crippen molar-refractivity contribution in [3.8, 4) is 0 Å². The average molecular weight is 447 g/mol. The van der Waals surface area contributed by atoms with Gasteiger partial charge in [-0.15, -0.1) is 11.3 Å². The molecule has 3 rings (SSSR count). The number of benzene rings is 1. The lowest BCUT2D eigenvalue weighted by Gasteiger charge is -2.14. The average Bonchev–Trinajstić information content (AvgIpc) is 3.09. The van der Waals surface area contributed by atoms with E-state index in [1.54, 1.807) is 23.5 Å². The molecule has 0 aliphatic carbocycles. The number of halogens is 1. The Kier molecular flexibility index (Phi) is 7.23. The van der Waals surface area contributed by atoms with E-state index in [-0.39, 0.29) is 5.28 Å². The number of hydrogen-bond donors (Lipinski definition) is 3. The van der Waals surface area contributed by atoms with Crippen molar-refractivity contribution in [3.63, 3.8) is 0 Å². The number of unbranched alkanes of at least 4 members (excludes halogenated alkanes) is 1. The van der Waals surface area contributed by atoms with E-state index < -0.39 is 17.9 Å². The Morgan fingerprint density at radius 2 is 1.97 bits per heavy atom. The van der Waals surface area contributed by atoms with Crippen LogP contribution in [0.25, 0.3) is 10.2 Å². The highest BCUT2D eigenvalue weighted by atomic mass is 35.5. The standard InChI is InChI=1S/C21H23ClN4O3S/c1-3-4-5-16(20(28)29)24-18(27)14-8-6-13(7-9-14)11-23-17-15-10-12(2)30-19(15)26-21(22)25-17/h6-10,16H,3-5,11H2,1-2H3,(H,24,27)(H,28,29)(H,23,25,26). The van der Waals surface area contributed by atoms with Gasteiger partial charge in [0.15, 0.2) is 0 Å². The van der Waals surface area contributed by atoms with E-state index in [0.717, 1.165) is 33.5 Å². The SMILES string of the molecule is CCCCC(NC(=O)c1ccc(CNc2nc(Cl)nc3sc(C)cc23)cc1)C(=O)O. The van der Waals surface area contributed by atoms with Gasteiger partial charge in [-0.05, 0) is 48.7 Å². The summed E-state index contributed by atoms with van der Waals surface area (Å²) < 4.78 is 0. The maximum absolute atomic E-state index is 12.4. The molecule has 0 spiro atoms. The zero-order valence-electron chi connectivity index (χ0n) is 16.7. The fourth-order valence-corrected chi connectivity index (χ4v) is 4.12. The van der Waals surface area contributed by atoms with Crippen LogP contribution in [0.15, 0.2) is 30.3 Å². The van der Waals surface area contributed by atoms with Crippen molar-refractivity contribution in [1.29, 1.82) is 0 Å². The number of aromatic nitrogens is 2. The van der Waals surface area contributed by atoms with Crippen molar-refractivity contribution in [2.45, 2.75) is 45.7 Å². The number of fused-ring (bicyclic) bond motifs is 1. The highest BCUT2D eigenvalue weighted by molar-refractivity contribution is 7.18. The molecule has 2 aromatic heterocycles. The van der Waals surface area contributed by atoms with Crippen LogP contribution in [0.4, 0.5) is 5.82 Å². The summed E-state index contributed by atoms with van der Waals surface area (Å²) in [6, 6.07) is 8.15. The molecule has 1 atom stereocenters. The van der Waals surface area contributed by atoms with E-state index in [1.807, 2.05) is 32.0 Å². The molecule has 30 heavy (non-hydrogen) atoms. The van der Waals surface area contributed by atoms with Crippen molar-refractivity contribution >= 4 is 50.8 Å². The van der Waals surface area contributed by atoms with E-state index in [9.17, 15) is 14.7 Å². The zero-order valence-corrected chi connectivity index (χ0v) is 18.3. The monoisotopic (exact) mass is 446 g/mol. The van der Waals surface area contributed by atoms with E-state index in [0.29, 0.717) is 24.3 Å². The van der Waals surface area contributed by atoms with Crippen molar-refractivity contribution in [2.75, 3.05) is 5.32 Å². The van der Waals surface area contributed by atoms with Crippen LogP contribution in [0, 0.1) is 6.92 Å². The first-order chi connectivity index (χ1) is 14.4. The third-order valence-corrected chi connectivity index (χ3v) is 5.73. The van der Waals surface area contributed by atoms with Gasteiger partial charge < -0.3 is 15.7 Å². The number of hydrogen-bond acceptors (Lipinski definition) is 6. The van der Waals surface area contributed by atoms with Crippen molar-refractivity contribution in [1.82, 2.24) is 15.3 Å². The molecule has 1 amide bonds. The molecular weight excluding hydrogens is 424 g/mol. The van der Waals surface area contributed by atoms with Crippen LogP contribution >= 0.6 is 22.9 Å². The first-order valence-electron chi connectivity index (χ1n) is 9.67. The summed E-state index contributed by atoms with van der Waals surface area (Å²) in [5.41, 5.74) is 1.37. The van der Waals surface area contributed by atoms with Gasteiger partial charge in [0.05, 0.1) is 5.39 Å². The molecule has 3 aromatic rings. The number of rotatable bonds is 9. The molecule has 7 nitrogen and oxygen atoms in total. The van der Waals surface area contributed by atoms with Gasteiger partial charge in [0, 0.05) is 17.0 Å². The number of carboxylic acids is 1. The third kappa shape index (κ3) is 5.46. The summed E-state index contributed by atoms with van der Waals surface area (Å²) in [5, 5.41) is 16.2. The molecule has 3 N–H and O–H groups in total. The molecule has 0 bridgehead atoms. The van der Waals surface area contributed by atoms with Gasteiger partial charge in [0.2, 0.25) is 5.28 Å². The van der Waals surface area contributed by atoms with Crippen molar-refractivity contribution < 1.29 is 14.7 Å². The maximum atomic E-state index is 12.4. The number of thiophene rings is 1. The summed E-state index contributed by atoms with van der Waals surface area (Å²) in [6.45, 7) is 4.48. The van der Waals surface area contributed by atoms with Crippen molar-refractivity contribution in [3.05, 3.63) is 51.6 Å². The van der Waals surface area contributed by atoms with Crippen LogP contribution in [0.5, 0.6) is 0 Å². The summed E-state index contributed by atoms with van der Waals surface area (Å²) in [4.78, 5) is 34.2. The lowest BCUT2D eigenvalue weighted by molar-refractivity contribution is -0.139. The fraction of sp³-hybridized carbons (Fsp3) is 0.333. The lowest BCUT2D eigenvalue weighted by atomic mass is 10.1. The molecule has 1 aromatic carbocycles. The summed E-state index contributed by atoms with van der Waals surface area (Å²) in [6.07, 6.45) is 2.03. The Morgan fingerprint density at radius 1 is 1.23 bits per heavy atom. The molecule has 9 heteroatoms. The quantitative estimate of drug-likeness (QED) is 0.413. The zero-order chi connectivity index (χ0) is 21.7. The summed E-state index contributed by atoms with van der Waals surface area (Å²) in [5.74, 6) is -0.747. The normalized spacial score (nSPS) is 12.0. The minimum atomic E-state index is -1.02. The van der Waals surface area contributed by atoms with E-state index in [4.69, 9.17) is 11.6 Å². The van der Waals surface area contributed by atoms with Crippen molar-refractivity contribution in [2.24, 2.45) is 0 Å². The molecule has 158 valence electrons. The van der Waals surface area contributed by atoms with Crippen LogP contribution < -0.4 is 10.6 Å². The van der Waals surface area contributed by atoms with Gasteiger partial charge in [-0.1, -0.05) is 31.9 Å². The number of nitrogens with zero attached hydrogens (tertiary/aromatic N) is 2. The Hall–Kier alpha value is -2.71. The molecule has 0 saturated heterocycles. The topological polar surface area (TPSA) is 104 Å². The number of carbonyl (C=O) groups is 2. The van der Waals surface area contributed by atoms with Gasteiger partial charge >= 0.3 is 5.97 Å². The van der Waals surface area contributed by atoms with Gasteiger partial charge in [-0.2, -0.15) is 0 Å². The first kappa shape index (κ1) is 22.0. The number of nitrogens with one attached hydrogen (secondary N) is 2. The van der Waals surface area contributed by atoms with Crippen LogP contribution in [0.3, 0.4) is 0 Å². The Balaban J connectivity index is 1.65. The van der Waals surface area contributed by atoms with Crippen LogP contribution in [0.2, 0.25) is 5.28 Å². The molecule has 0 radical (unpaired) electrons. The molecule has 0 aliphatic heterocycles.